The molecule has 4 heterocycles. The van der Waals surface area contributed by atoms with Crippen LogP contribution in [0, 0.1) is 0 Å². The first-order valence-electron chi connectivity index (χ1n) is 8.66. The molecule has 4 aromatic heterocycles. The van der Waals surface area contributed by atoms with Crippen LogP contribution in [0.25, 0.3) is 26.9 Å². The van der Waals surface area contributed by atoms with E-state index in [1.165, 1.54) is 11.8 Å². The second-order valence-electron chi connectivity index (χ2n) is 6.26. The highest BCUT2D eigenvalue weighted by Crippen LogP contribution is 2.39. The number of pyridine rings is 1. The van der Waals surface area contributed by atoms with Gasteiger partial charge in [-0.05, 0) is 17.9 Å². The van der Waals surface area contributed by atoms with Crippen molar-refractivity contribution in [3.05, 3.63) is 35.9 Å². The van der Waals surface area contributed by atoms with Crippen LogP contribution in [0.5, 0.6) is 0 Å². The lowest BCUT2D eigenvalue weighted by molar-refractivity contribution is -0.142. The molecule has 0 atom stereocenters. The van der Waals surface area contributed by atoms with Crippen molar-refractivity contribution in [2.45, 2.75) is 24.3 Å². The molecule has 0 spiro atoms. The Morgan fingerprint density at radius 3 is 2.39 bits per heavy atom. The summed E-state index contributed by atoms with van der Waals surface area (Å²) >= 11 is 2.38. The fourth-order valence-electron chi connectivity index (χ4n) is 2.80. The average Bonchev–Trinajstić information content (AvgIpc) is 3.38. The van der Waals surface area contributed by atoms with E-state index in [9.17, 15) is 26.3 Å². The van der Waals surface area contributed by atoms with Crippen LogP contribution in [-0.4, -0.2) is 35.1 Å². The minimum Gasteiger partial charge on any atom is -0.325 e. The standard InChI is InChI=1S/C17H12F6N6S2/c1-3-30-14-12(31-15(26-14)29-5-4-10(27-29)16(18,19)20)13-25-8-6-11(17(21,22)23)24-7-9(8)28(13)2/h4-7H,3H2,1-2H3. The number of halogens is 6. The minimum atomic E-state index is -4.61. The number of alkyl halides is 6. The maximum Gasteiger partial charge on any atom is 0.435 e. The predicted octanol–water partition coefficient (Wildman–Crippen LogP) is 5.43. The second-order valence-corrected chi connectivity index (χ2v) is 8.49. The number of thioether (sulfide) groups is 1. The van der Waals surface area contributed by atoms with Gasteiger partial charge in [-0.25, -0.2) is 19.6 Å². The van der Waals surface area contributed by atoms with Crippen molar-refractivity contribution < 1.29 is 26.3 Å². The normalized spacial score (nSPS) is 12.8. The maximum atomic E-state index is 13.0. The summed E-state index contributed by atoms with van der Waals surface area (Å²) in [4.78, 5) is 12.7. The van der Waals surface area contributed by atoms with Crippen molar-refractivity contribution in [1.29, 1.82) is 0 Å². The highest BCUT2D eigenvalue weighted by atomic mass is 32.2. The summed E-state index contributed by atoms with van der Waals surface area (Å²) in [6, 6.07) is 1.70. The molecule has 0 aromatic carbocycles. The number of aromatic nitrogens is 6. The highest BCUT2D eigenvalue weighted by Gasteiger charge is 2.35. The van der Waals surface area contributed by atoms with Gasteiger partial charge in [-0.15, -0.1) is 11.8 Å². The zero-order valence-corrected chi connectivity index (χ0v) is 17.4. The van der Waals surface area contributed by atoms with E-state index in [4.69, 9.17) is 0 Å². The van der Waals surface area contributed by atoms with Gasteiger partial charge in [0.25, 0.3) is 0 Å². The van der Waals surface area contributed by atoms with Crippen LogP contribution in [0.3, 0.4) is 0 Å². The number of hydrogen-bond acceptors (Lipinski definition) is 6. The minimum absolute atomic E-state index is 0.0978. The molecule has 0 saturated carbocycles. The van der Waals surface area contributed by atoms with E-state index >= 15 is 0 Å². The lowest BCUT2D eigenvalue weighted by Gasteiger charge is -2.04. The Kier molecular flexibility index (Phi) is 5.24. The van der Waals surface area contributed by atoms with Gasteiger partial charge >= 0.3 is 12.4 Å². The molecule has 6 nitrogen and oxygen atoms in total. The molecule has 0 amide bonds. The summed E-state index contributed by atoms with van der Waals surface area (Å²) in [5.74, 6) is 0.950. The first-order chi connectivity index (χ1) is 14.5. The van der Waals surface area contributed by atoms with E-state index in [1.807, 2.05) is 6.92 Å². The van der Waals surface area contributed by atoms with Gasteiger partial charge in [-0.2, -0.15) is 31.4 Å². The van der Waals surface area contributed by atoms with Crippen molar-refractivity contribution in [1.82, 2.24) is 29.3 Å². The lowest BCUT2D eigenvalue weighted by atomic mass is 10.3. The van der Waals surface area contributed by atoms with Crippen LogP contribution in [0.2, 0.25) is 0 Å². The number of imidazole rings is 1. The van der Waals surface area contributed by atoms with E-state index < -0.39 is 23.7 Å². The van der Waals surface area contributed by atoms with E-state index in [-0.39, 0.29) is 10.6 Å². The molecule has 4 rings (SSSR count). The smallest absolute Gasteiger partial charge is 0.325 e. The highest BCUT2D eigenvalue weighted by molar-refractivity contribution is 7.99. The first kappa shape index (κ1) is 21.6. The quantitative estimate of drug-likeness (QED) is 0.289. The van der Waals surface area contributed by atoms with Crippen molar-refractivity contribution in [3.63, 3.8) is 0 Å². The van der Waals surface area contributed by atoms with E-state index in [0.29, 0.717) is 27.0 Å². The predicted molar refractivity (Wildman–Crippen MR) is 103 cm³/mol. The number of thiazole rings is 1. The molecule has 0 aliphatic carbocycles. The molecule has 0 bridgehead atoms. The Morgan fingerprint density at radius 2 is 1.77 bits per heavy atom. The van der Waals surface area contributed by atoms with Gasteiger partial charge in [0.2, 0.25) is 5.13 Å². The van der Waals surface area contributed by atoms with E-state index in [1.54, 1.807) is 11.6 Å². The fourth-order valence-corrected chi connectivity index (χ4v) is 4.73. The molecule has 0 aliphatic rings. The van der Waals surface area contributed by atoms with Gasteiger partial charge in [0, 0.05) is 13.2 Å². The second kappa shape index (κ2) is 7.51. The van der Waals surface area contributed by atoms with Crippen LogP contribution >= 0.6 is 23.1 Å². The largest absolute Gasteiger partial charge is 0.435 e. The molecule has 14 heteroatoms. The molecule has 4 aromatic rings. The van der Waals surface area contributed by atoms with Gasteiger partial charge < -0.3 is 4.57 Å². The van der Waals surface area contributed by atoms with Crippen molar-refractivity contribution in [3.8, 4) is 15.8 Å². The number of fused-ring (bicyclic) bond motifs is 1. The molecule has 0 N–H and O–H groups in total. The zero-order chi connectivity index (χ0) is 22.6. The summed E-state index contributed by atoms with van der Waals surface area (Å²) in [5.41, 5.74) is -1.64. The van der Waals surface area contributed by atoms with E-state index in [0.717, 1.165) is 40.5 Å². The van der Waals surface area contributed by atoms with Crippen LogP contribution in [0.15, 0.2) is 29.6 Å². The van der Waals surface area contributed by atoms with Crippen molar-refractivity contribution in [2.24, 2.45) is 7.05 Å². The molecule has 0 unspecified atom stereocenters. The molecular weight excluding hydrogens is 466 g/mol. The molecule has 0 fully saturated rings. The fraction of sp³-hybridized carbons (Fsp3) is 0.294. The third-order valence-electron chi connectivity index (χ3n) is 4.20. The van der Waals surface area contributed by atoms with Gasteiger partial charge in [-0.1, -0.05) is 18.3 Å². The SMILES string of the molecule is CCSc1nc(-n2ccc(C(F)(F)F)n2)sc1-c1nc2cc(C(F)(F)F)ncc2n1C. The van der Waals surface area contributed by atoms with Crippen molar-refractivity contribution >= 4 is 34.1 Å². The Morgan fingerprint density at radius 1 is 1.06 bits per heavy atom. The Hall–Kier alpha value is -2.61. The third-order valence-corrected chi connectivity index (χ3v) is 6.23. The summed E-state index contributed by atoms with van der Waals surface area (Å²) in [7, 11) is 1.62. The average molecular weight is 478 g/mol. The number of rotatable bonds is 4. The van der Waals surface area contributed by atoms with Crippen LogP contribution < -0.4 is 0 Å². The van der Waals surface area contributed by atoms with Crippen molar-refractivity contribution in [2.75, 3.05) is 5.75 Å². The Balaban J connectivity index is 1.83. The number of aryl methyl sites for hydroxylation is 1. The van der Waals surface area contributed by atoms with Gasteiger partial charge in [-0.3, -0.25) is 0 Å². The summed E-state index contributed by atoms with van der Waals surface area (Å²) < 4.78 is 80.2. The zero-order valence-electron chi connectivity index (χ0n) is 15.8. The summed E-state index contributed by atoms with van der Waals surface area (Å²) in [5, 5.41) is 4.21. The molecule has 0 saturated heterocycles. The maximum absolute atomic E-state index is 13.0. The first-order valence-corrected chi connectivity index (χ1v) is 10.5. The molecule has 0 radical (unpaired) electrons. The summed E-state index contributed by atoms with van der Waals surface area (Å²) in [6.07, 6.45) is -6.96. The van der Waals surface area contributed by atoms with Crippen LogP contribution in [0.4, 0.5) is 26.3 Å². The molecule has 31 heavy (non-hydrogen) atoms. The topological polar surface area (TPSA) is 61.4 Å². The third kappa shape index (κ3) is 4.01. The van der Waals surface area contributed by atoms with Crippen LogP contribution in [-0.2, 0) is 19.4 Å². The van der Waals surface area contributed by atoms with E-state index in [2.05, 4.69) is 20.1 Å². The molecular formula is C17H12F6N6S2. The molecule has 164 valence electrons. The Labute approximate surface area is 178 Å². The van der Waals surface area contributed by atoms with Gasteiger partial charge in [0.1, 0.15) is 15.6 Å². The monoisotopic (exact) mass is 478 g/mol. The van der Waals surface area contributed by atoms with Gasteiger partial charge in [0.15, 0.2) is 11.5 Å². The Bertz CT molecular complexity index is 1250. The van der Waals surface area contributed by atoms with Gasteiger partial charge in [0.05, 0.1) is 17.2 Å². The molecule has 0 aliphatic heterocycles. The lowest BCUT2D eigenvalue weighted by Crippen LogP contribution is -2.07. The number of nitrogens with zero attached hydrogens (tertiary/aromatic N) is 6. The summed E-state index contributed by atoms with van der Waals surface area (Å²) in [6.45, 7) is 1.87. The number of hydrogen-bond donors (Lipinski definition) is 0. The van der Waals surface area contributed by atoms with Crippen LogP contribution in [0.1, 0.15) is 18.3 Å².